The topological polar surface area (TPSA) is 38.3 Å². The van der Waals surface area contributed by atoms with Gasteiger partial charge in [0.2, 0.25) is 0 Å². The summed E-state index contributed by atoms with van der Waals surface area (Å²) in [6.07, 6.45) is 0. The molecule has 2 aromatic rings. The number of carbonyl (C=O) groups excluding carboxylic acids is 1. The van der Waals surface area contributed by atoms with Crippen LogP contribution in [0.25, 0.3) is 0 Å². The zero-order valence-electron chi connectivity index (χ0n) is 10.4. The lowest BCUT2D eigenvalue weighted by molar-refractivity contribution is -0.0493. The smallest absolute Gasteiger partial charge is 0.387 e. The molecule has 7 heteroatoms. The fourth-order valence-corrected chi connectivity index (χ4v) is 2.02. The maximum atomic E-state index is 12.3. The Morgan fingerprint density at radius 3 is 2.52 bits per heavy atom. The third-order valence-corrected chi connectivity index (χ3v) is 3.37. The molecular weight excluding hydrogens is 323 g/mol. The monoisotopic (exact) mass is 331 g/mol. The van der Waals surface area contributed by atoms with Gasteiger partial charge in [0.05, 0.1) is 21.3 Å². The van der Waals surface area contributed by atoms with Crippen LogP contribution in [-0.4, -0.2) is 12.5 Å². The van der Waals surface area contributed by atoms with Crippen LogP contribution in [0, 0.1) is 0 Å². The van der Waals surface area contributed by atoms with Crippen LogP contribution in [0.15, 0.2) is 42.5 Å². The molecule has 110 valence electrons. The largest absolute Gasteiger partial charge is 0.433 e. The van der Waals surface area contributed by atoms with E-state index in [0.29, 0.717) is 0 Å². The van der Waals surface area contributed by atoms with Gasteiger partial charge in [-0.15, -0.1) is 0 Å². The Hall–Kier alpha value is -1.85. The lowest BCUT2D eigenvalue weighted by Gasteiger charge is -2.12. The molecule has 0 aliphatic heterocycles. The molecule has 0 aliphatic rings. The van der Waals surface area contributed by atoms with Crippen LogP contribution in [0.4, 0.5) is 14.5 Å². The van der Waals surface area contributed by atoms with Crippen LogP contribution in [0.2, 0.25) is 10.0 Å². The van der Waals surface area contributed by atoms with Crippen molar-refractivity contribution in [3.8, 4) is 5.75 Å². The molecule has 0 spiro atoms. The van der Waals surface area contributed by atoms with Crippen LogP contribution in [0.5, 0.6) is 5.75 Å². The van der Waals surface area contributed by atoms with Crippen LogP contribution < -0.4 is 10.1 Å². The summed E-state index contributed by atoms with van der Waals surface area (Å²) in [4.78, 5) is 12.1. The number of halogens is 4. The minimum absolute atomic E-state index is 0.0870. The van der Waals surface area contributed by atoms with E-state index in [4.69, 9.17) is 23.2 Å². The van der Waals surface area contributed by atoms with E-state index in [1.54, 1.807) is 12.1 Å². The van der Waals surface area contributed by atoms with E-state index < -0.39 is 12.5 Å². The summed E-state index contributed by atoms with van der Waals surface area (Å²) < 4.78 is 28.9. The molecule has 1 N–H and O–H groups in total. The van der Waals surface area contributed by atoms with Gasteiger partial charge in [-0.1, -0.05) is 41.4 Å². The fourth-order valence-electron chi connectivity index (χ4n) is 1.64. The van der Waals surface area contributed by atoms with Gasteiger partial charge in [-0.3, -0.25) is 4.79 Å². The van der Waals surface area contributed by atoms with Crippen molar-refractivity contribution in [1.29, 1.82) is 0 Å². The lowest BCUT2D eigenvalue weighted by atomic mass is 10.2. The van der Waals surface area contributed by atoms with E-state index in [2.05, 4.69) is 10.1 Å². The van der Waals surface area contributed by atoms with Gasteiger partial charge in [0.15, 0.2) is 0 Å². The number of benzene rings is 2. The summed E-state index contributed by atoms with van der Waals surface area (Å²) in [5.41, 5.74) is 0.245. The van der Waals surface area contributed by atoms with Crippen molar-refractivity contribution >= 4 is 34.8 Å². The number of nitrogens with one attached hydrogen (secondary N) is 1. The first-order valence-electron chi connectivity index (χ1n) is 5.78. The number of hydrogen-bond acceptors (Lipinski definition) is 2. The number of rotatable bonds is 4. The molecular formula is C14H9Cl2F2NO2. The molecule has 0 atom stereocenters. The van der Waals surface area contributed by atoms with Crippen molar-refractivity contribution in [2.75, 3.05) is 5.32 Å². The molecule has 0 saturated heterocycles. The third-order valence-electron chi connectivity index (χ3n) is 2.55. The number of hydrogen-bond donors (Lipinski definition) is 1. The zero-order valence-corrected chi connectivity index (χ0v) is 12.0. The van der Waals surface area contributed by atoms with Gasteiger partial charge >= 0.3 is 6.61 Å². The van der Waals surface area contributed by atoms with Gasteiger partial charge in [0.1, 0.15) is 5.75 Å². The molecule has 2 aromatic carbocycles. The maximum Gasteiger partial charge on any atom is 0.387 e. The fraction of sp³-hybridized carbons (Fsp3) is 0.0714. The van der Waals surface area contributed by atoms with E-state index in [0.717, 1.165) is 0 Å². The second-order valence-electron chi connectivity index (χ2n) is 3.93. The van der Waals surface area contributed by atoms with E-state index >= 15 is 0 Å². The first kappa shape index (κ1) is 15.5. The Kier molecular flexibility index (Phi) is 4.98. The van der Waals surface area contributed by atoms with Gasteiger partial charge in [-0.2, -0.15) is 8.78 Å². The molecule has 0 heterocycles. The molecule has 0 aromatic heterocycles. The number of amides is 1. The highest BCUT2D eigenvalue weighted by Crippen LogP contribution is 2.29. The van der Waals surface area contributed by atoms with Crippen molar-refractivity contribution in [2.24, 2.45) is 0 Å². The van der Waals surface area contributed by atoms with Crippen molar-refractivity contribution in [3.63, 3.8) is 0 Å². The second kappa shape index (κ2) is 6.74. The van der Waals surface area contributed by atoms with Gasteiger partial charge in [-0.05, 0) is 24.3 Å². The first-order valence-corrected chi connectivity index (χ1v) is 6.54. The number of alkyl halides is 2. The van der Waals surface area contributed by atoms with E-state index in [9.17, 15) is 13.6 Å². The van der Waals surface area contributed by atoms with Crippen molar-refractivity contribution in [2.45, 2.75) is 6.61 Å². The zero-order chi connectivity index (χ0) is 15.4. The quantitative estimate of drug-likeness (QED) is 0.869. The van der Waals surface area contributed by atoms with E-state index in [-0.39, 0.29) is 27.0 Å². The lowest BCUT2D eigenvalue weighted by Crippen LogP contribution is -2.14. The van der Waals surface area contributed by atoms with Crippen LogP contribution >= 0.6 is 23.2 Å². The van der Waals surface area contributed by atoms with Gasteiger partial charge in [-0.25, -0.2) is 0 Å². The van der Waals surface area contributed by atoms with Gasteiger partial charge in [0.25, 0.3) is 5.91 Å². The van der Waals surface area contributed by atoms with Crippen LogP contribution in [0.3, 0.4) is 0 Å². The van der Waals surface area contributed by atoms with E-state index in [1.807, 2.05) is 0 Å². The number of carbonyl (C=O) groups is 1. The average molecular weight is 332 g/mol. The third kappa shape index (κ3) is 3.83. The molecule has 2 rings (SSSR count). The number of para-hydroxylation sites is 2. The molecule has 0 unspecified atom stereocenters. The standard InChI is InChI=1S/C14H9Cl2F2NO2/c15-9-5-3-4-8(12(9)16)13(20)19-10-6-1-2-7-11(10)21-14(17)18/h1-7,14H,(H,19,20). The van der Waals surface area contributed by atoms with Crippen molar-refractivity contribution in [3.05, 3.63) is 58.1 Å². The second-order valence-corrected chi connectivity index (χ2v) is 4.72. The van der Waals surface area contributed by atoms with Crippen LogP contribution in [0.1, 0.15) is 10.4 Å². The Bertz CT molecular complexity index is 665. The Labute approximate surface area is 129 Å². The molecule has 3 nitrogen and oxygen atoms in total. The maximum absolute atomic E-state index is 12.3. The predicted octanol–water partition coefficient (Wildman–Crippen LogP) is 4.85. The normalized spacial score (nSPS) is 10.5. The van der Waals surface area contributed by atoms with E-state index in [1.165, 1.54) is 30.3 Å². The Morgan fingerprint density at radius 1 is 1.10 bits per heavy atom. The van der Waals surface area contributed by atoms with Crippen LogP contribution in [-0.2, 0) is 0 Å². The molecule has 0 aliphatic carbocycles. The van der Waals surface area contributed by atoms with Gasteiger partial charge in [0, 0.05) is 0 Å². The number of anilines is 1. The summed E-state index contributed by atoms with van der Waals surface area (Å²) in [5, 5.41) is 2.77. The highest BCUT2D eigenvalue weighted by Gasteiger charge is 2.15. The van der Waals surface area contributed by atoms with Crippen molar-refractivity contribution < 1.29 is 18.3 Å². The Morgan fingerprint density at radius 2 is 1.81 bits per heavy atom. The highest BCUT2D eigenvalue weighted by atomic mass is 35.5. The molecule has 0 fully saturated rings. The SMILES string of the molecule is O=C(Nc1ccccc1OC(F)F)c1cccc(Cl)c1Cl. The minimum atomic E-state index is -2.99. The molecule has 21 heavy (non-hydrogen) atoms. The summed E-state index contributed by atoms with van der Waals surface area (Å²) in [5.74, 6) is -0.716. The number of ether oxygens (including phenoxy) is 1. The summed E-state index contributed by atoms with van der Waals surface area (Å²) in [6, 6.07) is 10.4. The summed E-state index contributed by atoms with van der Waals surface area (Å²) >= 11 is 11.8. The summed E-state index contributed by atoms with van der Waals surface area (Å²) in [6.45, 7) is -2.99. The highest BCUT2D eigenvalue weighted by molar-refractivity contribution is 6.44. The van der Waals surface area contributed by atoms with Crippen molar-refractivity contribution in [1.82, 2.24) is 0 Å². The predicted molar refractivity (Wildman–Crippen MR) is 77.5 cm³/mol. The summed E-state index contributed by atoms with van der Waals surface area (Å²) in [7, 11) is 0. The minimum Gasteiger partial charge on any atom is -0.433 e. The van der Waals surface area contributed by atoms with Gasteiger partial charge < -0.3 is 10.1 Å². The molecule has 0 bridgehead atoms. The Balaban J connectivity index is 2.26. The average Bonchev–Trinajstić information content (AvgIpc) is 2.43. The molecule has 1 amide bonds. The first-order chi connectivity index (χ1) is 9.99. The molecule has 0 radical (unpaired) electrons. The molecule has 0 saturated carbocycles.